The highest BCUT2D eigenvalue weighted by Crippen LogP contribution is 2.34. The fraction of sp³-hybridized carbons (Fsp3) is 0.500. The lowest BCUT2D eigenvalue weighted by Gasteiger charge is -2.33. The van der Waals surface area contributed by atoms with Gasteiger partial charge in [0.25, 0.3) is 0 Å². The van der Waals surface area contributed by atoms with Crippen molar-refractivity contribution in [3.05, 3.63) is 29.8 Å². The van der Waals surface area contributed by atoms with Gasteiger partial charge in [0.05, 0.1) is 12.3 Å². The number of piperidine rings is 1. The Bertz CT molecular complexity index is 480. The van der Waals surface area contributed by atoms with Crippen molar-refractivity contribution in [3.8, 4) is 5.75 Å². The van der Waals surface area contributed by atoms with Gasteiger partial charge in [-0.1, -0.05) is 12.1 Å². The van der Waals surface area contributed by atoms with E-state index in [4.69, 9.17) is 0 Å². The number of hydrogen-bond donors (Lipinski definition) is 1. The Hall–Kier alpha value is -1.72. The lowest BCUT2D eigenvalue weighted by molar-refractivity contribution is -0.186. The Kier molecular flexibility index (Phi) is 4.20. The van der Waals surface area contributed by atoms with Gasteiger partial charge < -0.3 is 10.0 Å². The smallest absolute Gasteiger partial charge is 0.391 e. The standard InChI is InChI=1S/C14H16F3NO2/c15-14(16,17)11-4-6-18(7-5-11)13(20)9-10-2-1-3-12(19)8-10/h1-3,8,11,19H,4-7,9H2. The van der Waals surface area contributed by atoms with Crippen LogP contribution < -0.4 is 0 Å². The van der Waals surface area contributed by atoms with Gasteiger partial charge in [-0.3, -0.25) is 4.79 Å². The second kappa shape index (κ2) is 5.73. The van der Waals surface area contributed by atoms with Crippen LogP contribution in [0.25, 0.3) is 0 Å². The maximum Gasteiger partial charge on any atom is 0.391 e. The number of phenolic OH excluding ortho intramolecular Hbond substituents is 1. The van der Waals surface area contributed by atoms with E-state index >= 15 is 0 Å². The minimum absolute atomic E-state index is 0.0325. The summed E-state index contributed by atoms with van der Waals surface area (Å²) in [4.78, 5) is 13.5. The number of hydrogen-bond acceptors (Lipinski definition) is 2. The van der Waals surface area contributed by atoms with Gasteiger partial charge in [-0.2, -0.15) is 13.2 Å². The molecule has 2 rings (SSSR count). The van der Waals surface area contributed by atoms with Crippen LogP contribution in [0.5, 0.6) is 5.75 Å². The molecule has 1 heterocycles. The third kappa shape index (κ3) is 3.65. The molecule has 0 bridgehead atoms. The van der Waals surface area contributed by atoms with Crippen molar-refractivity contribution in [3.63, 3.8) is 0 Å². The molecular formula is C14H16F3NO2. The molecule has 3 nitrogen and oxygen atoms in total. The van der Waals surface area contributed by atoms with Gasteiger partial charge >= 0.3 is 6.18 Å². The van der Waals surface area contributed by atoms with Crippen molar-refractivity contribution in [2.24, 2.45) is 5.92 Å². The molecule has 0 atom stereocenters. The molecule has 1 amide bonds. The van der Waals surface area contributed by atoms with E-state index in [2.05, 4.69) is 0 Å². The SMILES string of the molecule is O=C(Cc1cccc(O)c1)N1CCC(C(F)(F)F)CC1. The molecule has 1 aromatic carbocycles. The Morgan fingerprint density at radius 2 is 1.95 bits per heavy atom. The third-order valence-corrected chi connectivity index (χ3v) is 3.58. The Morgan fingerprint density at radius 1 is 1.30 bits per heavy atom. The van der Waals surface area contributed by atoms with Crippen LogP contribution in [0.4, 0.5) is 13.2 Å². The lowest BCUT2D eigenvalue weighted by Crippen LogP contribution is -2.42. The first-order valence-electron chi connectivity index (χ1n) is 6.48. The molecule has 1 aliphatic heterocycles. The van der Waals surface area contributed by atoms with Gasteiger partial charge in [-0.15, -0.1) is 0 Å². The molecule has 1 fully saturated rings. The minimum Gasteiger partial charge on any atom is -0.508 e. The number of carbonyl (C=O) groups is 1. The number of aromatic hydroxyl groups is 1. The maximum absolute atomic E-state index is 12.5. The van der Waals surface area contributed by atoms with Gasteiger partial charge in [-0.05, 0) is 30.5 Å². The molecule has 0 unspecified atom stereocenters. The molecule has 1 aliphatic rings. The average molecular weight is 287 g/mol. The normalized spacial score (nSPS) is 17.2. The van der Waals surface area contributed by atoms with E-state index in [1.54, 1.807) is 12.1 Å². The number of likely N-dealkylation sites (tertiary alicyclic amines) is 1. The molecular weight excluding hydrogens is 271 g/mol. The Balaban J connectivity index is 1.89. The van der Waals surface area contributed by atoms with Crippen LogP contribution in [0.3, 0.4) is 0 Å². The summed E-state index contributed by atoms with van der Waals surface area (Å²) in [5.41, 5.74) is 0.660. The van der Waals surface area contributed by atoms with Crippen molar-refractivity contribution >= 4 is 5.91 Å². The van der Waals surface area contributed by atoms with Gasteiger partial charge in [0.15, 0.2) is 0 Å². The number of amides is 1. The van der Waals surface area contributed by atoms with E-state index < -0.39 is 12.1 Å². The van der Waals surface area contributed by atoms with Crippen LogP contribution in [-0.4, -0.2) is 35.2 Å². The van der Waals surface area contributed by atoms with Crippen LogP contribution in [0.15, 0.2) is 24.3 Å². The summed E-state index contributed by atoms with van der Waals surface area (Å²) in [6.07, 6.45) is -4.13. The topological polar surface area (TPSA) is 40.5 Å². The monoisotopic (exact) mass is 287 g/mol. The molecule has 1 N–H and O–H groups in total. The molecule has 20 heavy (non-hydrogen) atoms. The summed E-state index contributed by atoms with van der Waals surface area (Å²) in [7, 11) is 0. The van der Waals surface area contributed by atoms with Gasteiger partial charge in [0.2, 0.25) is 5.91 Å². The molecule has 1 aromatic rings. The summed E-state index contributed by atoms with van der Waals surface area (Å²) in [5.74, 6) is -1.42. The second-order valence-electron chi connectivity index (χ2n) is 5.04. The minimum atomic E-state index is -4.17. The number of nitrogens with zero attached hydrogens (tertiary/aromatic N) is 1. The van der Waals surface area contributed by atoms with Gasteiger partial charge in [-0.25, -0.2) is 0 Å². The fourth-order valence-corrected chi connectivity index (χ4v) is 2.41. The summed E-state index contributed by atoms with van der Waals surface area (Å²) in [6, 6.07) is 6.33. The summed E-state index contributed by atoms with van der Waals surface area (Å²) < 4.78 is 37.6. The molecule has 0 saturated carbocycles. The van der Waals surface area contributed by atoms with Gasteiger partial charge in [0, 0.05) is 13.1 Å². The molecule has 0 aliphatic carbocycles. The van der Waals surface area contributed by atoms with E-state index in [1.165, 1.54) is 17.0 Å². The quantitative estimate of drug-likeness (QED) is 0.908. The number of rotatable bonds is 2. The zero-order chi connectivity index (χ0) is 14.8. The van der Waals surface area contributed by atoms with E-state index in [9.17, 15) is 23.1 Å². The average Bonchev–Trinajstić information content (AvgIpc) is 2.38. The highest BCUT2D eigenvalue weighted by atomic mass is 19.4. The van der Waals surface area contributed by atoms with Crippen molar-refractivity contribution in [2.75, 3.05) is 13.1 Å². The Labute approximate surface area is 115 Å². The molecule has 110 valence electrons. The van der Waals surface area contributed by atoms with Crippen LogP contribution in [0, 0.1) is 5.92 Å². The van der Waals surface area contributed by atoms with Crippen LogP contribution in [-0.2, 0) is 11.2 Å². The second-order valence-corrected chi connectivity index (χ2v) is 5.04. The molecule has 0 aromatic heterocycles. The fourth-order valence-electron chi connectivity index (χ4n) is 2.41. The first-order chi connectivity index (χ1) is 9.36. The van der Waals surface area contributed by atoms with Crippen LogP contribution >= 0.6 is 0 Å². The zero-order valence-corrected chi connectivity index (χ0v) is 10.9. The van der Waals surface area contributed by atoms with Crippen molar-refractivity contribution < 1.29 is 23.1 Å². The highest BCUT2D eigenvalue weighted by molar-refractivity contribution is 5.79. The molecule has 6 heteroatoms. The van der Waals surface area contributed by atoms with E-state index in [-0.39, 0.29) is 44.0 Å². The van der Waals surface area contributed by atoms with Crippen molar-refractivity contribution in [2.45, 2.75) is 25.4 Å². The largest absolute Gasteiger partial charge is 0.508 e. The predicted molar refractivity (Wildman–Crippen MR) is 67.2 cm³/mol. The summed E-state index contributed by atoms with van der Waals surface area (Å²) in [6.45, 7) is 0.281. The van der Waals surface area contributed by atoms with Crippen molar-refractivity contribution in [1.82, 2.24) is 4.90 Å². The predicted octanol–water partition coefficient (Wildman–Crippen LogP) is 2.74. The number of phenols is 1. The zero-order valence-electron chi connectivity index (χ0n) is 10.9. The maximum atomic E-state index is 12.5. The van der Waals surface area contributed by atoms with Crippen LogP contribution in [0.2, 0.25) is 0 Å². The van der Waals surface area contributed by atoms with Crippen molar-refractivity contribution in [1.29, 1.82) is 0 Å². The Morgan fingerprint density at radius 3 is 2.50 bits per heavy atom. The number of alkyl halides is 3. The number of carbonyl (C=O) groups excluding carboxylic acids is 1. The molecule has 0 spiro atoms. The van der Waals surface area contributed by atoms with E-state index in [0.717, 1.165) is 0 Å². The first kappa shape index (κ1) is 14.7. The molecule has 1 saturated heterocycles. The summed E-state index contributed by atoms with van der Waals surface area (Å²) in [5, 5.41) is 9.31. The lowest BCUT2D eigenvalue weighted by atomic mass is 9.96. The number of halogens is 3. The highest BCUT2D eigenvalue weighted by Gasteiger charge is 2.41. The molecule has 0 radical (unpaired) electrons. The van der Waals surface area contributed by atoms with Crippen LogP contribution in [0.1, 0.15) is 18.4 Å². The third-order valence-electron chi connectivity index (χ3n) is 3.58. The van der Waals surface area contributed by atoms with Gasteiger partial charge in [0.1, 0.15) is 5.75 Å². The van der Waals surface area contributed by atoms with E-state index in [1.807, 2.05) is 0 Å². The first-order valence-corrected chi connectivity index (χ1v) is 6.48. The van der Waals surface area contributed by atoms with E-state index in [0.29, 0.717) is 5.56 Å². The summed E-state index contributed by atoms with van der Waals surface area (Å²) >= 11 is 0. The number of benzene rings is 1.